The highest BCUT2D eigenvalue weighted by molar-refractivity contribution is 9.10. The lowest BCUT2D eigenvalue weighted by molar-refractivity contribution is -0.118. The Kier molecular flexibility index (Phi) is 7.04. The number of hydrogen-bond donors (Lipinski definition) is 1. The molecule has 9 heteroatoms. The van der Waals surface area contributed by atoms with Gasteiger partial charge in [-0.25, -0.2) is 10.4 Å². The van der Waals surface area contributed by atoms with E-state index in [-0.39, 0.29) is 17.2 Å². The molecule has 4 aromatic rings. The van der Waals surface area contributed by atoms with Gasteiger partial charge in [0.25, 0.3) is 11.5 Å². The van der Waals surface area contributed by atoms with Crippen LogP contribution < -0.4 is 11.0 Å². The molecule has 0 unspecified atom stereocenters. The number of thioether (sulfide) groups is 1. The van der Waals surface area contributed by atoms with Crippen LogP contribution in [0.4, 0.5) is 0 Å². The number of hydrazone groups is 1. The van der Waals surface area contributed by atoms with Crippen LogP contribution in [0.1, 0.15) is 5.56 Å². The molecule has 0 saturated carbocycles. The molecule has 160 valence electrons. The van der Waals surface area contributed by atoms with E-state index in [1.165, 1.54) is 4.57 Å². The van der Waals surface area contributed by atoms with Gasteiger partial charge in [-0.05, 0) is 54.1 Å². The Morgan fingerprint density at radius 1 is 1.09 bits per heavy atom. The Hall–Kier alpha value is -2.94. The normalized spacial score (nSPS) is 11.2. The third-order valence-corrected chi connectivity index (χ3v) is 6.15. The molecule has 1 N–H and O–H groups in total. The number of benzene rings is 3. The molecule has 32 heavy (non-hydrogen) atoms. The molecule has 0 spiro atoms. The van der Waals surface area contributed by atoms with Gasteiger partial charge in [0, 0.05) is 9.50 Å². The molecule has 0 radical (unpaired) electrons. The molecule has 3 aromatic carbocycles. The molecule has 6 nitrogen and oxygen atoms in total. The van der Waals surface area contributed by atoms with Gasteiger partial charge in [-0.3, -0.25) is 14.2 Å². The van der Waals surface area contributed by atoms with E-state index in [1.54, 1.807) is 48.7 Å². The number of hydrogen-bond acceptors (Lipinski definition) is 5. The van der Waals surface area contributed by atoms with E-state index in [0.29, 0.717) is 26.8 Å². The van der Waals surface area contributed by atoms with Crippen molar-refractivity contribution in [2.45, 2.75) is 5.16 Å². The smallest absolute Gasteiger partial charge is 0.266 e. The molecular formula is C23H16BrClN4O2S. The van der Waals surface area contributed by atoms with Crippen LogP contribution in [0.2, 0.25) is 5.02 Å². The third-order valence-electron chi connectivity index (χ3n) is 4.43. The first kappa shape index (κ1) is 22.3. The van der Waals surface area contributed by atoms with Crippen LogP contribution in [-0.2, 0) is 4.79 Å². The largest absolute Gasteiger partial charge is 0.272 e. The van der Waals surface area contributed by atoms with E-state index >= 15 is 0 Å². The second-order valence-electron chi connectivity index (χ2n) is 6.66. The van der Waals surface area contributed by atoms with Crippen LogP contribution in [0.5, 0.6) is 0 Å². The summed E-state index contributed by atoms with van der Waals surface area (Å²) in [5, 5.41) is 5.45. The number of rotatable bonds is 6. The van der Waals surface area contributed by atoms with Gasteiger partial charge >= 0.3 is 0 Å². The maximum absolute atomic E-state index is 13.2. The molecule has 0 saturated heterocycles. The molecule has 4 rings (SSSR count). The molecular weight excluding hydrogens is 512 g/mol. The van der Waals surface area contributed by atoms with Gasteiger partial charge in [-0.1, -0.05) is 63.6 Å². The Morgan fingerprint density at radius 2 is 1.81 bits per heavy atom. The van der Waals surface area contributed by atoms with Crippen LogP contribution in [-0.4, -0.2) is 27.4 Å². The molecule has 0 fully saturated rings. The minimum Gasteiger partial charge on any atom is -0.272 e. The van der Waals surface area contributed by atoms with Crippen molar-refractivity contribution < 1.29 is 4.79 Å². The topological polar surface area (TPSA) is 76.3 Å². The fraction of sp³-hybridized carbons (Fsp3) is 0.0435. The van der Waals surface area contributed by atoms with Crippen LogP contribution in [0.3, 0.4) is 0 Å². The van der Waals surface area contributed by atoms with E-state index in [0.717, 1.165) is 21.8 Å². The maximum atomic E-state index is 13.2. The number of aromatic nitrogens is 2. The van der Waals surface area contributed by atoms with Crippen LogP contribution in [0, 0.1) is 0 Å². The quantitative estimate of drug-likeness (QED) is 0.165. The summed E-state index contributed by atoms with van der Waals surface area (Å²) in [6, 6.07) is 21.5. The highest BCUT2D eigenvalue weighted by Gasteiger charge is 2.14. The lowest BCUT2D eigenvalue weighted by atomic mass is 10.2. The molecule has 1 heterocycles. The fourth-order valence-electron chi connectivity index (χ4n) is 2.92. The van der Waals surface area contributed by atoms with Crippen molar-refractivity contribution in [1.82, 2.24) is 15.0 Å². The van der Waals surface area contributed by atoms with Crippen LogP contribution in [0.25, 0.3) is 16.6 Å². The van der Waals surface area contributed by atoms with Gasteiger partial charge in [-0.2, -0.15) is 5.10 Å². The van der Waals surface area contributed by atoms with Crippen molar-refractivity contribution in [1.29, 1.82) is 0 Å². The zero-order valence-corrected chi connectivity index (χ0v) is 19.7. The number of carbonyl (C=O) groups is 1. The summed E-state index contributed by atoms with van der Waals surface area (Å²) >= 11 is 10.5. The highest BCUT2D eigenvalue weighted by Crippen LogP contribution is 2.22. The van der Waals surface area contributed by atoms with E-state index < -0.39 is 0 Å². The van der Waals surface area contributed by atoms with Gasteiger partial charge in [-0.15, -0.1) is 0 Å². The van der Waals surface area contributed by atoms with Crippen molar-refractivity contribution in [2.24, 2.45) is 5.10 Å². The van der Waals surface area contributed by atoms with E-state index in [1.807, 2.05) is 30.3 Å². The minimum atomic E-state index is -0.312. The Bertz CT molecular complexity index is 1360. The number of amides is 1. The summed E-state index contributed by atoms with van der Waals surface area (Å²) in [6.07, 6.45) is 1.56. The molecule has 0 aliphatic rings. The minimum absolute atomic E-state index is 0.0377. The van der Waals surface area contributed by atoms with Crippen LogP contribution >= 0.6 is 39.3 Å². The number of fused-ring (bicyclic) bond motifs is 1. The first-order valence-electron chi connectivity index (χ1n) is 9.49. The predicted octanol–water partition coefficient (Wildman–Crippen LogP) is 5.04. The third kappa shape index (κ3) is 5.27. The van der Waals surface area contributed by atoms with Gasteiger partial charge in [0.15, 0.2) is 5.16 Å². The van der Waals surface area contributed by atoms with Crippen molar-refractivity contribution in [3.8, 4) is 5.69 Å². The monoisotopic (exact) mass is 526 g/mol. The first-order valence-corrected chi connectivity index (χ1v) is 11.6. The average molecular weight is 528 g/mol. The fourth-order valence-corrected chi connectivity index (χ4v) is 4.11. The van der Waals surface area contributed by atoms with Crippen molar-refractivity contribution in [2.75, 3.05) is 5.75 Å². The molecule has 0 atom stereocenters. The van der Waals surface area contributed by atoms with Crippen molar-refractivity contribution >= 4 is 62.3 Å². The second-order valence-corrected chi connectivity index (χ2v) is 8.96. The maximum Gasteiger partial charge on any atom is 0.266 e. The lowest BCUT2D eigenvalue weighted by Crippen LogP contribution is -2.24. The van der Waals surface area contributed by atoms with E-state index in [2.05, 4.69) is 31.4 Å². The molecule has 1 aromatic heterocycles. The van der Waals surface area contributed by atoms with Gasteiger partial charge in [0.2, 0.25) is 0 Å². The summed E-state index contributed by atoms with van der Waals surface area (Å²) in [7, 11) is 0. The summed E-state index contributed by atoms with van der Waals surface area (Å²) in [5.41, 5.74) is 4.33. The number of nitrogens with zero attached hydrogens (tertiary/aromatic N) is 3. The number of halogens is 2. The standard InChI is InChI=1S/C23H16BrClN4O2S/c24-16-7-5-15(6-8-16)13-26-28-21(30)14-32-23-27-20-4-2-1-3-19(20)22(31)29(23)18-11-9-17(25)10-12-18/h1-13H,14H2,(H,28,30)/b26-13-. The van der Waals surface area contributed by atoms with Gasteiger partial charge < -0.3 is 0 Å². The number of nitrogens with one attached hydrogen (secondary N) is 1. The molecule has 0 aliphatic carbocycles. The summed E-state index contributed by atoms with van der Waals surface area (Å²) in [5.74, 6) is -0.274. The first-order chi connectivity index (χ1) is 15.5. The zero-order valence-electron chi connectivity index (χ0n) is 16.5. The highest BCUT2D eigenvalue weighted by atomic mass is 79.9. The van der Waals surface area contributed by atoms with Crippen molar-refractivity contribution in [3.63, 3.8) is 0 Å². The van der Waals surface area contributed by atoms with Gasteiger partial charge in [0.1, 0.15) is 0 Å². The Balaban J connectivity index is 1.56. The summed E-state index contributed by atoms with van der Waals surface area (Å²) in [6.45, 7) is 0. The molecule has 0 aliphatic heterocycles. The Labute approximate surface area is 201 Å². The SMILES string of the molecule is O=C(CSc1nc2ccccc2c(=O)n1-c1ccc(Cl)cc1)N/N=C\c1ccc(Br)cc1. The van der Waals surface area contributed by atoms with E-state index in [4.69, 9.17) is 11.6 Å². The number of para-hydroxylation sites is 1. The Morgan fingerprint density at radius 3 is 2.56 bits per heavy atom. The second kappa shape index (κ2) is 10.1. The van der Waals surface area contributed by atoms with Crippen LogP contribution in [0.15, 0.2) is 92.3 Å². The van der Waals surface area contributed by atoms with E-state index in [9.17, 15) is 9.59 Å². The molecule has 1 amide bonds. The summed E-state index contributed by atoms with van der Waals surface area (Å²) < 4.78 is 2.45. The van der Waals surface area contributed by atoms with Crippen molar-refractivity contribution in [3.05, 3.63) is 98.2 Å². The zero-order chi connectivity index (χ0) is 22.5. The predicted molar refractivity (Wildman–Crippen MR) is 133 cm³/mol. The molecule has 0 bridgehead atoms. The van der Waals surface area contributed by atoms with Gasteiger partial charge in [0.05, 0.1) is 28.6 Å². The summed E-state index contributed by atoms with van der Waals surface area (Å²) in [4.78, 5) is 30.1. The lowest BCUT2D eigenvalue weighted by Gasteiger charge is -2.13. The average Bonchev–Trinajstić information content (AvgIpc) is 2.80. The number of carbonyl (C=O) groups excluding carboxylic acids is 1.